The summed E-state index contributed by atoms with van der Waals surface area (Å²) in [5, 5.41) is 7.84. The van der Waals surface area contributed by atoms with Crippen LogP contribution in [0.25, 0.3) is 0 Å². The highest BCUT2D eigenvalue weighted by molar-refractivity contribution is 6.34. The van der Waals surface area contributed by atoms with Crippen LogP contribution < -0.4 is 0 Å². The monoisotopic (exact) mass is 224 g/mol. The second kappa shape index (κ2) is 3.49. The molecule has 2 nitrogen and oxygen atoms in total. The Kier molecular flexibility index (Phi) is 2.71. The molecule has 0 aliphatic rings. The first-order chi connectivity index (χ1) is 6.37. The number of benzene rings is 1. The van der Waals surface area contributed by atoms with E-state index in [1.807, 2.05) is 0 Å². The molecule has 0 aliphatic carbocycles. The van der Waals surface area contributed by atoms with Gasteiger partial charge in [0.05, 0.1) is 5.02 Å². The highest BCUT2D eigenvalue weighted by Crippen LogP contribution is 2.28. The molecule has 0 atom stereocenters. The largest absolute Gasteiger partial charge is 0.478 e. The minimum absolute atomic E-state index is 0.428. The van der Waals surface area contributed by atoms with E-state index in [2.05, 4.69) is 0 Å². The number of halogens is 4. The van der Waals surface area contributed by atoms with Crippen molar-refractivity contribution in [2.75, 3.05) is 0 Å². The van der Waals surface area contributed by atoms with E-state index in [4.69, 9.17) is 16.7 Å². The van der Waals surface area contributed by atoms with Crippen LogP contribution in [0, 0.1) is 24.4 Å². The summed E-state index contributed by atoms with van der Waals surface area (Å²) in [6.07, 6.45) is 0. The van der Waals surface area contributed by atoms with E-state index in [1.54, 1.807) is 0 Å². The van der Waals surface area contributed by atoms with Gasteiger partial charge in [-0.05, 0) is 6.92 Å². The fraction of sp³-hybridized carbons (Fsp3) is 0.125. The molecule has 1 N–H and O–H groups in total. The molecule has 0 fully saturated rings. The standard InChI is InChI=1S/C8H4ClF3O2/c1-2-4(9)3(8(13)14)6(11)7(12)5(2)10/h1H3,(H,13,14). The summed E-state index contributed by atoms with van der Waals surface area (Å²) in [5.74, 6) is -6.83. The van der Waals surface area contributed by atoms with Gasteiger partial charge in [-0.2, -0.15) is 0 Å². The van der Waals surface area contributed by atoms with E-state index < -0.39 is 39.6 Å². The maximum atomic E-state index is 12.9. The summed E-state index contributed by atoms with van der Waals surface area (Å²) in [6.45, 7) is 1.06. The van der Waals surface area contributed by atoms with Gasteiger partial charge in [0, 0.05) is 5.56 Å². The van der Waals surface area contributed by atoms with Crippen molar-refractivity contribution in [1.82, 2.24) is 0 Å². The number of carbonyl (C=O) groups is 1. The summed E-state index contributed by atoms with van der Waals surface area (Å²) < 4.78 is 38.4. The Morgan fingerprint density at radius 1 is 1.21 bits per heavy atom. The number of rotatable bonds is 1. The third-order valence-electron chi connectivity index (χ3n) is 1.70. The molecule has 0 radical (unpaired) electrons. The Balaban J connectivity index is 3.68. The van der Waals surface area contributed by atoms with E-state index >= 15 is 0 Å². The van der Waals surface area contributed by atoms with Crippen molar-refractivity contribution in [3.05, 3.63) is 33.6 Å². The molecule has 0 bridgehead atoms. The van der Waals surface area contributed by atoms with Crippen molar-refractivity contribution in [2.24, 2.45) is 0 Å². The molecule has 14 heavy (non-hydrogen) atoms. The first kappa shape index (κ1) is 10.8. The van der Waals surface area contributed by atoms with E-state index in [9.17, 15) is 18.0 Å². The van der Waals surface area contributed by atoms with Gasteiger partial charge in [0.25, 0.3) is 0 Å². The molecule has 0 aliphatic heterocycles. The lowest BCUT2D eigenvalue weighted by Gasteiger charge is -2.06. The topological polar surface area (TPSA) is 37.3 Å². The molecule has 0 saturated heterocycles. The Morgan fingerprint density at radius 3 is 2.14 bits per heavy atom. The summed E-state index contributed by atoms with van der Waals surface area (Å²) in [4.78, 5) is 10.4. The van der Waals surface area contributed by atoms with Crippen molar-refractivity contribution in [3.8, 4) is 0 Å². The van der Waals surface area contributed by atoms with Crippen molar-refractivity contribution < 1.29 is 23.1 Å². The molecule has 1 rings (SSSR count). The Morgan fingerprint density at radius 2 is 1.71 bits per heavy atom. The zero-order valence-corrected chi connectivity index (χ0v) is 7.62. The van der Waals surface area contributed by atoms with Crippen LogP contribution in [0.1, 0.15) is 15.9 Å². The third-order valence-corrected chi connectivity index (χ3v) is 2.17. The molecule has 0 amide bonds. The van der Waals surface area contributed by atoms with Gasteiger partial charge in [0.1, 0.15) is 5.56 Å². The SMILES string of the molecule is Cc1c(F)c(F)c(F)c(C(=O)O)c1Cl. The average molecular weight is 225 g/mol. The van der Waals surface area contributed by atoms with Gasteiger partial charge in [-0.15, -0.1) is 0 Å². The number of carboxylic acid groups (broad SMARTS) is 1. The predicted octanol–water partition coefficient (Wildman–Crippen LogP) is 2.76. The molecular formula is C8H4ClF3O2. The van der Waals surface area contributed by atoms with Crippen LogP contribution >= 0.6 is 11.6 Å². The van der Waals surface area contributed by atoms with Crippen molar-refractivity contribution >= 4 is 17.6 Å². The summed E-state index contributed by atoms with van der Waals surface area (Å²) >= 11 is 5.34. The normalized spacial score (nSPS) is 10.4. The molecule has 1 aromatic rings. The average Bonchev–Trinajstić information content (AvgIpc) is 2.11. The zero-order chi connectivity index (χ0) is 11.0. The summed E-state index contributed by atoms with van der Waals surface area (Å²) in [6, 6.07) is 0. The molecule has 0 saturated carbocycles. The minimum Gasteiger partial charge on any atom is -0.478 e. The van der Waals surface area contributed by atoms with Gasteiger partial charge in [-0.1, -0.05) is 11.6 Å². The first-order valence-corrected chi connectivity index (χ1v) is 3.81. The number of aromatic carboxylic acids is 1. The van der Waals surface area contributed by atoms with Gasteiger partial charge in [-0.3, -0.25) is 0 Å². The highest BCUT2D eigenvalue weighted by Gasteiger charge is 2.25. The number of carboxylic acids is 1. The fourth-order valence-corrected chi connectivity index (χ4v) is 1.19. The maximum absolute atomic E-state index is 12.9. The van der Waals surface area contributed by atoms with Crippen LogP contribution in [-0.4, -0.2) is 11.1 Å². The molecule has 1 aromatic carbocycles. The Hall–Kier alpha value is -1.23. The van der Waals surface area contributed by atoms with Crippen LogP contribution in [0.2, 0.25) is 5.02 Å². The van der Waals surface area contributed by atoms with Crippen LogP contribution in [-0.2, 0) is 0 Å². The molecular weight excluding hydrogens is 221 g/mol. The third kappa shape index (κ3) is 1.43. The second-order valence-corrected chi connectivity index (χ2v) is 2.94. The highest BCUT2D eigenvalue weighted by atomic mass is 35.5. The van der Waals surface area contributed by atoms with E-state index in [0.29, 0.717) is 0 Å². The quantitative estimate of drug-likeness (QED) is 0.588. The second-order valence-electron chi connectivity index (χ2n) is 2.56. The molecule has 0 heterocycles. The van der Waals surface area contributed by atoms with E-state index in [0.717, 1.165) is 6.92 Å². The molecule has 76 valence electrons. The summed E-state index contributed by atoms with van der Waals surface area (Å²) in [7, 11) is 0. The number of hydrogen-bond donors (Lipinski definition) is 1. The smallest absolute Gasteiger partial charge is 0.340 e. The number of hydrogen-bond acceptors (Lipinski definition) is 1. The maximum Gasteiger partial charge on any atom is 0.340 e. The predicted molar refractivity (Wildman–Crippen MR) is 43.0 cm³/mol. The van der Waals surface area contributed by atoms with E-state index in [1.165, 1.54) is 0 Å². The van der Waals surface area contributed by atoms with Crippen molar-refractivity contribution in [2.45, 2.75) is 6.92 Å². The minimum atomic E-state index is -1.83. The summed E-state index contributed by atoms with van der Waals surface area (Å²) in [5.41, 5.74) is -1.48. The van der Waals surface area contributed by atoms with Crippen molar-refractivity contribution in [3.63, 3.8) is 0 Å². The van der Waals surface area contributed by atoms with Crippen LogP contribution in [0.3, 0.4) is 0 Å². The molecule has 0 spiro atoms. The lowest BCUT2D eigenvalue weighted by atomic mass is 10.1. The van der Waals surface area contributed by atoms with Crippen LogP contribution in [0.5, 0.6) is 0 Å². The van der Waals surface area contributed by atoms with Gasteiger partial charge in [0.15, 0.2) is 17.5 Å². The van der Waals surface area contributed by atoms with Gasteiger partial charge < -0.3 is 5.11 Å². The van der Waals surface area contributed by atoms with Gasteiger partial charge in [-0.25, -0.2) is 18.0 Å². The molecule has 0 aromatic heterocycles. The van der Waals surface area contributed by atoms with Gasteiger partial charge in [0.2, 0.25) is 0 Å². The van der Waals surface area contributed by atoms with Crippen LogP contribution in [0.15, 0.2) is 0 Å². The molecule has 6 heteroatoms. The van der Waals surface area contributed by atoms with E-state index in [-0.39, 0.29) is 0 Å². The molecule has 0 unspecified atom stereocenters. The van der Waals surface area contributed by atoms with Crippen molar-refractivity contribution in [1.29, 1.82) is 0 Å². The lowest BCUT2D eigenvalue weighted by molar-refractivity contribution is 0.0690. The Labute approximate surface area is 81.9 Å². The fourth-order valence-electron chi connectivity index (χ4n) is 0.939. The lowest BCUT2D eigenvalue weighted by Crippen LogP contribution is -2.08. The Bertz CT molecular complexity index is 389. The van der Waals surface area contributed by atoms with Gasteiger partial charge >= 0.3 is 5.97 Å². The first-order valence-electron chi connectivity index (χ1n) is 3.43. The zero-order valence-electron chi connectivity index (χ0n) is 6.87. The van der Waals surface area contributed by atoms with Crippen LogP contribution in [0.4, 0.5) is 13.2 Å².